The maximum Gasteiger partial charge on any atom is 0.145 e. The highest BCUT2D eigenvalue weighted by Gasteiger charge is 2.21. The van der Waals surface area contributed by atoms with E-state index in [1.165, 1.54) is 5.39 Å². The van der Waals surface area contributed by atoms with Gasteiger partial charge in [0, 0.05) is 43.8 Å². The monoisotopic (exact) mass is 474 g/mol. The summed E-state index contributed by atoms with van der Waals surface area (Å²) in [7, 11) is 0. The zero-order chi connectivity index (χ0) is 24.3. The van der Waals surface area contributed by atoms with Gasteiger partial charge < -0.3 is 14.3 Å². The summed E-state index contributed by atoms with van der Waals surface area (Å²) in [4.78, 5) is 5.89. The molecule has 0 aliphatic carbocycles. The van der Waals surface area contributed by atoms with Crippen LogP contribution in [0, 0.1) is 0 Å². The number of hydrogen-bond donors (Lipinski definition) is 1. The van der Waals surface area contributed by atoms with E-state index in [9.17, 15) is 0 Å². The van der Waals surface area contributed by atoms with E-state index in [0.29, 0.717) is 0 Å². The van der Waals surface area contributed by atoms with Gasteiger partial charge in [0.05, 0.1) is 16.6 Å². The average Bonchev–Trinajstić information content (AvgIpc) is 3.53. The van der Waals surface area contributed by atoms with E-state index in [-0.39, 0.29) is 0 Å². The third kappa shape index (κ3) is 2.95. The molecule has 37 heavy (non-hydrogen) atoms. The van der Waals surface area contributed by atoms with Gasteiger partial charge in [-0.25, -0.2) is 0 Å². The Bertz CT molecular complexity index is 2050. The van der Waals surface area contributed by atoms with Gasteiger partial charge in [-0.2, -0.15) is 0 Å². The van der Waals surface area contributed by atoms with E-state index < -0.39 is 0 Å². The number of para-hydroxylation sites is 3. The van der Waals surface area contributed by atoms with Crippen LogP contribution in [0.1, 0.15) is 0 Å². The number of fused-ring (bicyclic) bond motifs is 9. The number of nitrogens with zero attached hydrogens (tertiary/aromatic N) is 1. The molecule has 0 atom stereocenters. The lowest BCUT2D eigenvalue weighted by atomic mass is 10.0. The van der Waals surface area contributed by atoms with E-state index >= 15 is 0 Å². The molecule has 0 saturated heterocycles. The Morgan fingerprint density at radius 2 is 1.05 bits per heavy atom. The second-order valence-corrected chi connectivity index (χ2v) is 9.46. The number of H-pyrrole nitrogens is 1. The second-order valence-electron chi connectivity index (χ2n) is 9.46. The normalized spacial score (nSPS) is 11.8. The Hall–Kier alpha value is -5.02. The van der Waals surface area contributed by atoms with Crippen LogP contribution in [0.15, 0.2) is 132 Å². The predicted octanol–water partition coefficient (Wildman–Crippen LogP) is 9.84. The van der Waals surface area contributed by atoms with Crippen molar-refractivity contribution in [3.63, 3.8) is 0 Å². The van der Waals surface area contributed by atoms with Gasteiger partial charge in [-0.1, -0.05) is 78.9 Å². The van der Waals surface area contributed by atoms with Crippen LogP contribution in [0.25, 0.3) is 54.5 Å². The lowest BCUT2D eigenvalue weighted by Gasteiger charge is -2.27. The van der Waals surface area contributed by atoms with Crippen molar-refractivity contribution in [1.82, 2.24) is 4.98 Å². The van der Waals surface area contributed by atoms with Crippen LogP contribution in [0.5, 0.6) is 0 Å². The van der Waals surface area contributed by atoms with Crippen molar-refractivity contribution in [3.8, 4) is 0 Å². The second kappa shape index (κ2) is 7.74. The molecule has 1 N–H and O–H groups in total. The average molecular weight is 475 g/mol. The number of rotatable bonds is 3. The highest BCUT2D eigenvalue weighted by atomic mass is 16.3. The molecule has 0 aliphatic heterocycles. The largest absolute Gasteiger partial charge is 0.455 e. The molecule has 2 heterocycles. The minimum Gasteiger partial charge on any atom is -0.455 e. The molecule has 8 rings (SSSR count). The Morgan fingerprint density at radius 1 is 0.459 bits per heavy atom. The molecule has 8 aromatic rings. The number of hydrogen-bond acceptors (Lipinski definition) is 2. The smallest absolute Gasteiger partial charge is 0.145 e. The molecule has 3 nitrogen and oxygen atoms in total. The van der Waals surface area contributed by atoms with E-state index in [0.717, 1.165) is 66.2 Å². The first-order chi connectivity index (χ1) is 18.4. The maximum absolute atomic E-state index is 6.75. The van der Waals surface area contributed by atoms with E-state index in [2.05, 4.69) is 137 Å². The fraction of sp³-hybridized carbons (Fsp3) is 0. The van der Waals surface area contributed by atoms with Crippen molar-refractivity contribution in [3.05, 3.63) is 127 Å². The van der Waals surface area contributed by atoms with Crippen LogP contribution >= 0.6 is 0 Å². The molecule has 0 spiro atoms. The summed E-state index contributed by atoms with van der Waals surface area (Å²) in [6, 6.07) is 44.8. The topological polar surface area (TPSA) is 32.2 Å². The van der Waals surface area contributed by atoms with Crippen molar-refractivity contribution in [1.29, 1.82) is 0 Å². The van der Waals surface area contributed by atoms with Gasteiger partial charge in [0.2, 0.25) is 0 Å². The molecule has 174 valence electrons. The van der Waals surface area contributed by atoms with Crippen LogP contribution < -0.4 is 4.90 Å². The van der Waals surface area contributed by atoms with Gasteiger partial charge in [-0.15, -0.1) is 0 Å². The first-order valence-corrected chi connectivity index (χ1v) is 12.5. The van der Waals surface area contributed by atoms with Gasteiger partial charge in [-0.3, -0.25) is 0 Å². The lowest BCUT2D eigenvalue weighted by molar-refractivity contribution is 0.676. The Kier molecular flexibility index (Phi) is 4.23. The molecular formula is C34H22N2O. The number of furan rings is 1. The van der Waals surface area contributed by atoms with Crippen LogP contribution in [-0.2, 0) is 0 Å². The lowest BCUT2D eigenvalue weighted by Crippen LogP contribution is -2.10. The molecule has 3 heteroatoms. The zero-order valence-electron chi connectivity index (χ0n) is 20.0. The highest BCUT2D eigenvalue weighted by Crippen LogP contribution is 2.45. The summed E-state index contributed by atoms with van der Waals surface area (Å²) in [5, 5.41) is 6.82. The summed E-state index contributed by atoms with van der Waals surface area (Å²) < 4.78 is 6.75. The van der Waals surface area contributed by atoms with Gasteiger partial charge in [-0.05, 0) is 48.5 Å². The van der Waals surface area contributed by atoms with Gasteiger partial charge in [0.1, 0.15) is 11.2 Å². The van der Waals surface area contributed by atoms with Crippen LogP contribution in [-0.4, -0.2) is 4.98 Å². The summed E-state index contributed by atoms with van der Waals surface area (Å²) in [5.74, 6) is 0. The Balaban J connectivity index is 1.52. The minimum absolute atomic E-state index is 0.924. The molecule has 0 bridgehead atoms. The third-order valence-corrected chi connectivity index (χ3v) is 7.36. The number of aromatic amines is 1. The molecule has 0 amide bonds. The van der Waals surface area contributed by atoms with Crippen molar-refractivity contribution in [2.45, 2.75) is 0 Å². The van der Waals surface area contributed by atoms with Crippen molar-refractivity contribution in [2.75, 3.05) is 4.90 Å². The molecule has 6 aromatic carbocycles. The standard InChI is InChI=1S/C34H22N2O/c1-3-11-22(12-4-1)36(23-13-5-2-6-14-23)31-21-28-26-19-20-30-32(27-17-9-10-18-29(27)35-30)34(26)37-33(28)25-16-8-7-15-24(25)31/h1-21,35H. The molecule has 0 radical (unpaired) electrons. The molecule has 2 aromatic heterocycles. The number of benzene rings is 6. The summed E-state index contributed by atoms with van der Waals surface area (Å²) in [6.07, 6.45) is 0. The quantitative estimate of drug-likeness (QED) is 0.276. The summed E-state index contributed by atoms with van der Waals surface area (Å²) >= 11 is 0. The SMILES string of the molecule is c1ccc(N(c2ccccc2)c2cc3c4ccc5[nH]c6ccccc6c5c4oc3c3ccccc23)cc1. The Labute approximate surface area is 213 Å². The zero-order valence-corrected chi connectivity index (χ0v) is 20.0. The van der Waals surface area contributed by atoms with Gasteiger partial charge in [0.15, 0.2) is 0 Å². The fourth-order valence-corrected chi connectivity index (χ4v) is 5.74. The number of aromatic nitrogens is 1. The molecule has 0 fully saturated rings. The molecule has 0 saturated carbocycles. The molecular weight excluding hydrogens is 452 g/mol. The van der Waals surface area contributed by atoms with Crippen molar-refractivity contribution in [2.24, 2.45) is 0 Å². The molecule has 0 unspecified atom stereocenters. The first-order valence-electron chi connectivity index (χ1n) is 12.5. The van der Waals surface area contributed by atoms with Crippen LogP contribution in [0.3, 0.4) is 0 Å². The van der Waals surface area contributed by atoms with Crippen molar-refractivity contribution >= 4 is 71.6 Å². The maximum atomic E-state index is 6.75. The number of anilines is 3. The van der Waals surface area contributed by atoms with E-state index in [1.54, 1.807) is 0 Å². The highest BCUT2D eigenvalue weighted by molar-refractivity contribution is 6.26. The van der Waals surface area contributed by atoms with Gasteiger partial charge in [0.25, 0.3) is 0 Å². The van der Waals surface area contributed by atoms with E-state index in [4.69, 9.17) is 4.42 Å². The van der Waals surface area contributed by atoms with Crippen LogP contribution in [0.4, 0.5) is 17.1 Å². The Morgan fingerprint density at radius 3 is 1.78 bits per heavy atom. The van der Waals surface area contributed by atoms with E-state index in [1.807, 2.05) is 0 Å². The fourth-order valence-electron chi connectivity index (χ4n) is 5.74. The van der Waals surface area contributed by atoms with Gasteiger partial charge >= 0.3 is 0 Å². The predicted molar refractivity (Wildman–Crippen MR) is 155 cm³/mol. The van der Waals surface area contributed by atoms with Crippen molar-refractivity contribution < 1.29 is 4.42 Å². The first kappa shape index (κ1) is 20.2. The third-order valence-electron chi connectivity index (χ3n) is 7.36. The minimum atomic E-state index is 0.924. The summed E-state index contributed by atoms with van der Waals surface area (Å²) in [5.41, 5.74) is 7.42. The molecule has 0 aliphatic rings. The summed E-state index contributed by atoms with van der Waals surface area (Å²) in [6.45, 7) is 0. The van der Waals surface area contributed by atoms with Crippen LogP contribution in [0.2, 0.25) is 0 Å². The number of nitrogens with one attached hydrogen (secondary N) is 1.